The molecular weight excluding hydrogens is 498 g/mol. The maximum Gasteiger partial charge on any atom is 0.244 e. The lowest BCUT2D eigenvalue weighted by Gasteiger charge is -2.34. The van der Waals surface area contributed by atoms with E-state index in [1.807, 2.05) is 88.4 Å². The van der Waals surface area contributed by atoms with Crippen LogP contribution < -0.4 is 9.62 Å². The molecule has 0 unspecified atom stereocenters. The van der Waals surface area contributed by atoms with Crippen molar-refractivity contribution in [2.75, 3.05) is 23.7 Å². The number of hydrogen-bond acceptors (Lipinski definition) is 4. The Labute approximate surface area is 226 Å². The van der Waals surface area contributed by atoms with Gasteiger partial charge in [0.25, 0.3) is 0 Å². The Hall–Kier alpha value is -3.65. The minimum atomic E-state index is -3.79. The number of sulfonamides is 1. The van der Waals surface area contributed by atoms with Crippen molar-refractivity contribution >= 4 is 27.5 Å². The van der Waals surface area contributed by atoms with Crippen LogP contribution in [0.3, 0.4) is 0 Å². The average molecular weight is 536 g/mol. The van der Waals surface area contributed by atoms with Gasteiger partial charge in [-0.2, -0.15) is 0 Å². The van der Waals surface area contributed by atoms with Crippen LogP contribution in [0, 0.1) is 20.8 Å². The van der Waals surface area contributed by atoms with Gasteiger partial charge >= 0.3 is 0 Å². The predicted molar refractivity (Wildman–Crippen MR) is 152 cm³/mol. The van der Waals surface area contributed by atoms with Crippen LogP contribution in [0.15, 0.2) is 72.8 Å². The van der Waals surface area contributed by atoms with Crippen LogP contribution in [-0.2, 0) is 32.6 Å². The van der Waals surface area contributed by atoms with Crippen LogP contribution in [0.2, 0.25) is 0 Å². The molecule has 8 heteroatoms. The van der Waals surface area contributed by atoms with Crippen LogP contribution in [0.4, 0.5) is 5.69 Å². The molecule has 38 heavy (non-hydrogen) atoms. The van der Waals surface area contributed by atoms with Gasteiger partial charge in [0.1, 0.15) is 12.6 Å². The van der Waals surface area contributed by atoms with E-state index < -0.39 is 28.5 Å². The smallest absolute Gasteiger partial charge is 0.244 e. The van der Waals surface area contributed by atoms with Gasteiger partial charge in [-0.05, 0) is 56.0 Å². The molecule has 202 valence electrons. The van der Waals surface area contributed by atoms with Crippen LogP contribution in [-0.4, -0.2) is 50.5 Å². The molecule has 1 atom stereocenters. The number of amides is 2. The average Bonchev–Trinajstić information content (AvgIpc) is 2.87. The number of anilines is 1. The molecule has 3 aromatic carbocycles. The van der Waals surface area contributed by atoms with Crippen LogP contribution in [0.5, 0.6) is 0 Å². The lowest BCUT2D eigenvalue weighted by atomic mass is 10.0. The van der Waals surface area contributed by atoms with Gasteiger partial charge in [0.05, 0.1) is 11.9 Å². The number of aryl methyl sites for hydroxylation is 2. The first kappa shape index (κ1) is 28.9. The lowest BCUT2D eigenvalue weighted by molar-refractivity contribution is -0.140. The Morgan fingerprint density at radius 2 is 1.53 bits per heavy atom. The van der Waals surface area contributed by atoms with Gasteiger partial charge < -0.3 is 10.2 Å². The molecule has 1 N–H and O–H groups in total. The fourth-order valence-electron chi connectivity index (χ4n) is 4.34. The molecule has 3 rings (SSSR count). The molecule has 3 aromatic rings. The van der Waals surface area contributed by atoms with E-state index in [0.717, 1.165) is 38.4 Å². The van der Waals surface area contributed by atoms with Crippen LogP contribution in [0.1, 0.15) is 34.7 Å². The van der Waals surface area contributed by atoms with Crippen molar-refractivity contribution in [1.29, 1.82) is 0 Å². The summed E-state index contributed by atoms with van der Waals surface area (Å²) in [6.07, 6.45) is 1.39. The third-order valence-corrected chi connectivity index (χ3v) is 7.75. The normalized spacial score (nSPS) is 12.0. The molecule has 0 radical (unpaired) electrons. The highest BCUT2D eigenvalue weighted by Crippen LogP contribution is 2.26. The number of nitrogens with zero attached hydrogens (tertiary/aromatic N) is 2. The molecule has 0 heterocycles. The van der Waals surface area contributed by atoms with Gasteiger partial charge in [-0.15, -0.1) is 0 Å². The number of likely N-dealkylation sites (N-methyl/N-ethyl adjacent to an activating group) is 1. The van der Waals surface area contributed by atoms with Crippen molar-refractivity contribution in [3.05, 3.63) is 101 Å². The van der Waals surface area contributed by atoms with E-state index in [1.165, 1.54) is 4.90 Å². The molecule has 0 bridgehead atoms. The van der Waals surface area contributed by atoms with E-state index in [2.05, 4.69) is 5.32 Å². The Morgan fingerprint density at radius 3 is 2.13 bits per heavy atom. The standard InChI is InChI=1S/C30H37N3O4S/c1-6-31-30(35)28(19-25-12-8-7-9-13-25)32(20-26-17-15-22(2)16-18-26)29(34)21-33(38(5,36)37)27-14-10-11-23(3)24(27)4/h7-18,28H,6,19-21H2,1-5H3,(H,31,35)/t28-/m0/s1. The molecule has 0 aliphatic carbocycles. The third-order valence-electron chi connectivity index (χ3n) is 6.62. The number of carbonyl (C=O) groups is 2. The molecule has 0 aliphatic rings. The molecular formula is C30H37N3O4S. The van der Waals surface area contributed by atoms with Crippen LogP contribution >= 0.6 is 0 Å². The molecule has 0 aliphatic heterocycles. The Bertz CT molecular complexity index is 1360. The first-order chi connectivity index (χ1) is 18.0. The van der Waals surface area contributed by atoms with Crippen molar-refractivity contribution in [3.63, 3.8) is 0 Å². The van der Waals surface area contributed by atoms with Gasteiger partial charge in [0.15, 0.2) is 0 Å². The Kier molecular flexibility index (Phi) is 9.69. The molecule has 0 aromatic heterocycles. The molecule has 2 amide bonds. The second kappa shape index (κ2) is 12.7. The number of benzene rings is 3. The number of carbonyl (C=O) groups excluding carboxylic acids is 2. The van der Waals surface area contributed by atoms with Crippen LogP contribution in [0.25, 0.3) is 0 Å². The van der Waals surface area contributed by atoms with E-state index in [9.17, 15) is 18.0 Å². The second-order valence-corrected chi connectivity index (χ2v) is 11.5. The molecule has 0 saturated heterocycles. The van der Waals surface area contributed by atoms with Crippen molar-refractivity contribution in [2.24, 2.45) is 0 Å². The molecule has 0 fully saturated rings. The summed E-state index contributed by atoms with van der Waals surface area (Å²) in [6, 6.07) is 21.8. The summed E-state index contributed by atoms with van der Waals surface area (Å²) in [4.78, 5) is 28.9. The fraction of sp³-hybridized carbons (Fsp3) is 0.333. The predicted octanol–water partition coefficient (Wildman–Crippen LogP) is 4.15. The summed E-state index contributed by atoms with van der Waals surface area (Å²) in [5, 5.41) is 2.86. The van der Waals surface area contributed by atoms with Gasteiger partial charge in [-0.3, -0.25) is 13.9 Å². The minimum absolute atomic E-state index is 0.165. The van der Waals surface area contributed by atoms with E-state index >= 15 is 0 Å². The van der Waals surface area contributed by atoms with E-state index in [4.69, 9.17) is 0 Å². The Morgan fingerprint density at radius 1 is 0.868 bits per heavy atom. The first-order valence-electron chi connectivity index (χ1n) is 12.7. The zero-order valence-corrected chi connectivity index (χ0v) is 23.6. The van der Waals surface area contributed by atoms with Crippen molar-refractivity contribution < 1.29 is 18.0 Å². The fourth-order valence-corrected chi connectivity index (χ4v) is 5.24. The maximum absolute atomic E-state index is 14.0. The topological polar surface area (TPSA) is 86.8 Å². The number of rotatable bonds is 11. The molecule has 7 nitrogen and oxygen atoms in total. The van der Waals surface area contributed by atoms with Gasteiger partial charge in [-0.25, -0.2) is 8.42 Å². The summed E-state index contributed by atoms with van der Waals surface area (Å²) in [7, 11) is -3.79. The van der Waals surface area contributed by atoms with E-state index in [1.54, 1.807) is 12.1 Å². The zero-order valence-electron chi connectivity index (χ0n) is 22.8. The first-order valence-corrected chi connectivity index (χ1v) is 14.6. The van der Waals surface area contributed by atoms with E-state index in [-0.39, 0.29) is 12.5 Å². The molecule has 0 saturated carbocycles. The van der Waals surface area contributed by atoms with Gasteiger partial charge in [0, 0.05) is 19.5 Å². The van der Waals surface area contributed by atoms with E-state index in [0.29, 0.717) is 18.7 Å². The zero-order chi connectivity index (χ0) is 27.9. The van der Waals surface area contributed by atoms with Gasteiger partial charge in [-0.1, -0.05) is 72.3 Å². The highest BCUT2D eigenvalue weighted by molar-refractivity contribution is 7.92. The summed E-state index contributed by atoms with van der Waals surface area (Å²) < 4.78 is 27.0. The third kappa shape index (κ3) is 7.44. The van der Waals surface area contributed by atoms with Crippen molar-refractivity contribution in [3.8, 4) is 0 Å². The minimum Gasteiger partial charge on any atom is -0.355 e. The second-order valence-electron chi connectivity index (χ2n) is 9.60. The summed E-state index contributed by atoms with van der Waals surface area (Å²) in [5.74, 6) is -0.737. The van der Waals surface area contributed by atoms with Gasteiger partial charge in [0.2, 0.25) is 21.8 Å². The van der Waals surface area contributed by atoms with Crippen molar-refractivity contribution in [2.45, 2.75) is 46.7 Å². The summed E-state index contributed by atoms with van der Waals surface area (Å²) in [5.41, 5.74) is 4.98. The number of nitrogens with one attached hydrogen (secondary N) is 1. The summed E-state index contributed by atoms with van der Waals surface area (Å²) in [6.45, 7) is 7.70. The highest BCUT2D eigenvalue weighted by Gasteiger charge is 2.33. The quantitative estimate of drug-likeness (QED) is 0.400. The largest absolute Gasteiger partial charge is 0.355 e. The SMILES string of the molecule is CCNC(=O)[C@H](Cc1ccccc1)N(Cc1ccc(C)cc1)C(=O)CN(c1cccc(C)c1C)S(C)(=O)=O. The monoisotopic (exact) mass is 535 g/mol. The highest BCUT2D eigenvalue weighted by atomic mass is 32.2. The maximum atomic E-state index is 14.0. The van der Waals surface area contributed by atoms with Crippen molar-refractivity contribution in [1.82, 2.24) is 10.2 Å². The number of hydrogen-bond donors (Lipinski definition) is 1. The Balaban J connectivity index is 2.06. The lowest BCUT2D eigenvalue weighted by Crippen LogP contribution is -2.53. The molecule has 0 spiro atoms. The summed E-state index contributed by atoms with van der Waals surface area (Å²) >= 11 is 0.